The summed E-state index contributed by atoms with van der Waals surface area (Å²) in [5, 5.41) is 8.81. The quantitative estimate of drug-likeness (QED) is 0.800. The Morgan fingerprint density at radius 2 is 1.79 bits per heavy atom. The van der Waals surface area contributed by atoms with Gasteiger partial charge in [-0.15, -0.1) is 0 Å². The Kier molecular flexibility index (Phi) is 8.55. The van der Waals surface area contributed by atoms with Crippen molar-refractivity contribution in [3.8, 4) is 0 Å². The third-order valence-electron chi connectivity index (χ3n) is 2.83. The molecule has 0 aliphatic rings. The average molecular weight is 263 g/mol. The number of rotatable bonds is 5. The van der Waals surface area contributed by atoms with Crippen LogP contribution in [0.2, 0.25) is 0 Å². The van der Waals surface area contributed by atoms with Gasteiger partial charge in [-0.25, -0.2) is 0 Å². The number of hydrogen-bond donors (Lipinski definition) is 2. The maximum atomic E-state index is 10.7. The molecule has 106 valence electrons. The van der Waals surface area contributed by atoms with Crippen LogP contribution in [-0.2, 0) is 11.2 Å². The molecule has 0 amide bonds. The number of allylic oxidation sites excluding steroid dienone is 2. The highest BCUT2D eigenvalue weighted by Crippen LogP contribution is 2.12. The van der Waals surface area contributed by atoms with Gasteiger partial charge in [-0.05, 0) is 45.6 Å². The monoisotopic (exact) mass is 263 g/mol. The van der Waals surface area contributed by atoms with Gasteiger partial charge in [0.25, 0.3) is 0 Å². The van der Waals surface area contributed by atoms with E-state index >= 15 is 0 Å². The summed E-state index contributed by atoms with van der Waals surface area (Å²) >= 11 is 0. The van der Waals surface area contributed by atoms with Gasteiger partial charge < -0.3 is 10.8 Å². The Morgan fingerprint density at radius 3 is 2.21 bits per heavy atom. The van der Waals surface area contributed by atoms with Crippen LogP contribution in [0, 0.1) is 0 Å². The molecule has 3 N–H and O–H groups in total. The van der Waals surface area contributed by atoms with Gasteiger partial charge in [-0.1, -0.05) is 42.5 Å². The highest BCUT2D eigenvalue weighted by atomic mass is 16.4. The number of benzene rings is 1. The molecule has 3 heteroatoms. The summed E-state index contributed by atoms with van der Waals surface area (Å²) in [6, 6.07) is 10.00. The van der Waals surface area contributed by atoms with Crippen molar-refractivity contribution in [3.05, 3.63) is 48.0 Å². The van der Waals surface area contributed by atoms with Crippen LogP contribution in [0.3, 0.4) is 0 Å². The van der Waals surface area contributed by atoms with Gasteiger partial charge in [-0.3, -0.25) is 4.79 Å². The van der Waals surface area contributed by atoms with E-state index in [4.69, 9.17) is 10.8 Å². The predicted octanol–water partition coefficient (Wildman–Crippen LogP) is 3.39. The van der Waals surface area contributed by atoms with Crippen LogP contribution in [0.25, 0.3) is 0 Å². The van der Waals surface area contributed by atoms with E-state index in [1.54, 1.807) is 6.92 Å². The van der Waals surface area contributed by atoms with Crippen molar-refractivity contribution < 1.29 is 9.90 Å². The highest BCUT2D eigenvalue weighted by molar-refractivity contribution is 5.77. The second-order valence-corrected chi connectivity index (χ2v) is 4.73. The Bertz CT molecular complexity index is 379. The fourth-order valence-corrected chi connectivity index (χ4v) is 1.41. The fourth-order valence-electron chi connectivity index (χ4n) is 1.41. The van der Waals surface area contributed by atoms with Gasteiger partial charge in [0.1, 0.15) is 5.54 Å². The Balaban J connectivity index is 0.000000711. The van der Waals surface area contributed by atoms with Crippen molar-refractivity contribution in [2.75, 3.05) is 0 Å². The first-order valence-electron chi connectivity index (χ1n) is 6.57. The first-order chi connectivity index (χ1) is 8.94. The van der Waals surface area contributed by atoms with E-state index in [1.807, 2.05) is 56.3 Å². The van der Waals surface area contributed by atoms with Gasteiger partial charge in [0, 0.05) is 0 Å². The summed E-state index contributed by atoms with van der Waals surface area (Å²) in [6.45, 7) is 5.56. The minimum atomic E-state index is -1.10. The van der Waals surface area contributed by atoms with E-state index in [0.717, 1.165) is 12.8 Å². The van der Waals surface area contributed by atoms with Gasteiger partial charge in [-0.2, -0.15) is 0 Å². The maximum absolute atomic E-state index is 10.7. The largest absolute Gasteiger partial charge is 0.480 e. The lowest BCUT2D eigenvalue weighted by Crippen LogP contribution is -2.44. The lowest BCUT2D eigenvalue weighted by Gasteiger charge is -2.18. The zero-order valence-electron chi connectivity index (χ0n) is 12.1. The highest BCUT2D eigenvalue weighted by Gasteiger charge is 2.26. The van der Waals surface area contributed by atoms with Crippen LogP contribution < -0.4 is 5.73 Å². The molecule has 0 radical (unpaired) electrons. The van der Waals surface area contributed by atoms with Crippen molar-refractivity contribution in [3.63, 3.8) is 0 Å². The first kappa shape index (κ1) is 17.4. The number of carbonyl (C=O) groups is 1. The van der Waals surface area contributed by atoms with E-state index in [0.29, 0.717) is 6.42 Å². The molecule has 3 nitrogen and oxygen atoms in total. The molecule has 1 aromatic rings. The molecular formula is C16H25NO2. The topological polar surface area (TPSA) is 63.3 Å². The smallest absolute Gasteiger partial charge is 0.323 e. The van der Waals surface area contributed by atoms with Crippen LogP contribution in [-0.4, -0.2) is 16.6 Å². The summed E-state index contributed by atoms with van der Waals surface area (Å²) in [6.07, 6.45) is 6.17. The Labute approximate surface area is 116 Å². The van der Waals surface area contributed by atoms with E-state index in [9.17, 15) is 4.79 Å². The van der Waals surface area contributed by atoms with Crippen LogP contribution in [0.5, 0.6) is 0 Å². The molecule has 0 saturated heterocycles. The SMILES string of the molecule is C/C=C\C.CC(N)(CCCc1ccccc1)C(=O)O. The molecule has 0 aromatic heterocycles. The van der Waals surface area contributed by atoms with Gasteiger partial charge in [0.15, 0.2) is 0 Å². The van der Waals surface area contributed by atoms with Gasteiger partial charge >= 0.3 is 5.97 Å². The van der Waals surface area contributed by atoms with Crippen LogP contribution in [0.4, 0.5) is 0 Å². The number of nitrogens with two attached hydrogens (primary N) is 1. The van der Waals surface area contributed by atoms with Crippen LogP contribution in [0.1, 0.15) is 39.2 Å². The Morgan fingerprint density at radius 1 is 1.26 bits per heavy atom. The Hall–Kier alpha value is -1.61. The molecule has 0 heterocycles. The van der Waals surface area contributed by atoms with Crippen LogP contribution in [0.15, 0.2) is 42.5 Å². The van der Waals surface area contributed by atoms with Gasteiger partial charge in [0.05, 0.1) is 0 Å². The molecule has 1 rings (SSSR count). The number of carboxylic acids is 1. The molecule has 1 unspecified atom stereocenters. The van der Waals surface area contributed by atoms with Crippen molar-refractivity contribution in [1.82, 2.24) is 0 Å². The number of aryl methyl sites for hydroxylation is 1. The lowest BCUT2D eigenvalue weighted by atomic mass is 9.95. The zero-order chi connectivity index (χ0) is 14.7. The first-order valence-corrected chi connectivity index (χ1v) is 6.57. The molecule has 0 spiro atoms. The van der Waals surface area contributed by atoms with Crippen molar-refractivity contribution in [1.29, 1.82) is 0 Å². The predicted molar refractivity (Wildman–Crippen MR) is 80.1 cm³/mol. The van der Waals surface area contributed by atoms with E-state index in [1.165, 1.54) is 5.56 Å². The number of aliphatic carboxylic acids is 1. The lowest BCUT2D eigenvalue weighted by molar-refractivity contribution is -0.142. The zero-order valence-corrected chi connectivity index (χ0v) is 12.1. The third kappa shape index (κ3) is 8.16. The normalized spacial score (nSPS) is 13.5. The van der Waals surface area contributed by atoms with E-state index in [-0.39, 0.29) is 0 Å². The number of hydrogen-bond acceptors (Lipinski definition) is 2. The van der Waals surface area contributed by atoms with E-state index in [2.05, 4.69) is 0 Å². The molecule has 19 heavy (non-hydrogen) atoms. The molecule has 0 bridgehead atoms. The molecule has 1 atom stereocenters. The molecule has 0 saturated carbocycles. The van der Waals surface area contributed by atoms with E-state index < -0.39 is 11.5 Å². The van der Waals surface area contributed by atoms with Crippen molar-refractivity contribution in [2.24, 2.45) is 5.73 Å². The average Bonchev–Trinajstić information content (AvgIpc) is 2.40. The molecular weight excluding hydrogens is 238 g/mol. The fraction of sp³-hybridized carbons (Fsp3) is 0.438. The third-order valence-corrected chi connectivity index (χ3v) is 2.83. The van der Waals surface area contributed by atoms with Crippen molar-refractivity contribution in [2.45, 2.75) is 45.6 Å². The minimum absolute atomic E-state index is 0.497. The molecule has 1 aromatic carbocycles. The van der Waals surface area contributed by atoms with Gasteiger partial charge in [0.2, 0.25) is 0 Å². The number of carboxylic acid groups (broad SMARTS) is 1. The summed E-state index contributed by atoms with van der Waals surface area (Å²) < 4.78 is 0. The maximum Gasteiger partial charge on any atom is 0.323 e. The summed E-state index contributed by atoms with van der Waals surface area (Å²) in [5.74, 6) is -0.935. The summed E-state index contributed by atoms with van der Waals surface area (Å²) in [4.78, 5) is 10.7. The molecule has 0 aliphatic carbocycles. The summed E-state index contributed by atoms with van der Waals surface area (Å²) in [5.41, 5.74) is 5.74. The standard InChI is InChI=1S/C12H17NO2.C4H8/c1-12(13,11(14)15)9-5-8-10-6-3-2-4-7-10;1-3-4-2/h2-4,6-7H,5,8-9,13H2,1H3,(H,14,15);3-4H,1-2H3/b;4-3-. The second-order valence-electron chi connectivity index (χ2n) is 4.73. The molecule has 0 aliphatic heterocycles. The second kappa shape index (κ2) is 9.34. The van der Waals surface area contributed by atoms with Crippen molar-refractivity contribution >= 4 is 5.97 Å². The molecule has 0 fully saturated rings. The van der Waals surface area contributed by atoms with Crippen LogP contribution >= 0.6 is 0 Å². The minimum Gasteiger partial charge on any atom is -0.480 e. The summed E-state index contributed by atoms with van der Waals surface area (Å²) in [7, 11) is 0.